The topological polar surface area (TPSA) is 62.4 Å². The van der Waals surface area contributed by atoms with Gasteiger partial charge in [0.25, 0.3) is 0 Å². The van der Waals surface area contributed by atoms with Gasteiger partial charge in [0.05, 0.1) is 6.10 Å². The SMILES string of the molecule is CCN1CCC(Cc2nc(CC(C)O)no2)CC1. The largest absolute Gasteiger partial charge is 0.393 e. The first-order valence-corrected chi connectivity index (χ1v) is 6.89. The smallest absolute Gasteiger partial charge is 0.226 e. The fourth-order valence-corrected chi connectivity index (χ4v) is 2.47. The van der Waals surface area contributed by atoms with Crippen molar-refractivity contribution in [3.63, 3.8) is 0 Å². The second-order valence-electron chi connectivity index (χ2n) is 5.24. The van der Waals surface area contributed by atoms with Gasteiger partial charge in [0.2, 0.25) is 5.89 Å². The summed E-state index contributed by atoms with van der Waals surface area (Å²) in [6.45, 7) is 7.44. The summed E-state index contributed by atoms with van der Waals surface area (Å²) in [5.74, 6) is 2.00. The molecule has 1 N–H and O–H groups in total. The Morgan fingerprint density at radius 3 is 2.78 bits per heavy atom. The molecule has 1 fully saturated rings. The number of likely N-dealkylation sites (tertiary alicyclic amines) is 1. The minimum Gasteiger partial charge on any atom is -0.393 e. The molecule has 1 aliphatic heterocycles. The van der Waals surface area contributed by atoms with Crippen molar-refractivity contribution in [3.8, 4) is 0 Å². The van der Waals surface area contributed by atoms with Crippen molar-refractivity contribution >= 4 is 0 Å². The van der Waals surface area contributed by atoms with Crippen molar-refractivity contribution in [2.75, 3.05) is 19.6 Å². The van der Waals surface area contributed by atoms with Gasteiger partial charge in [0.1, 0.15) is 0 Å². The van der Waals surface area contributed by atoms with Gasteiger partial charge in [-0.25, -0.2) is 0 Å². The van der Waals surface area contributed by atoms with E-state index in [2.05, 4.69) is 22.0 Å². The molecule has 5 nitrogen and oxygen atoms in total. The predicted molar refractivity (Wildman–Crippen MR) is 68.2 cm³/mol. The number of aliphatic hydroxyl groups excluding tert-OH is 1. The maximum absolute atomic E-state index is 9.27. The first-order valence-electron chi connectivity index (χ1n) is 6.89. The minimum atomic E-state index is -0.414. The molecule has 102 valence electrons. The number of piperidine rings is 1. The van der Waals surface area contributed by atoms with Crippen LogP contribution in [-0.4, -0.2) is 45.9 Å². The van der Waals surface area contributed by atoms with Crippen molar-refractivity contribution in [2.45, 2.75) is 45.6 Å². The molecule has 0 bridgehead atoms. The van der Waals surface area contributed by atoms with Gasteiger partial charge in [-0.15, -0.1) is 0 Å². The zero-order chi connectivity index (χ0) is 13.0. The molecule has 0 radical (unpaired) electrons. The summed E-state index contributed by atoms with van der Waals surface area (Å²) >= 11 is 0. The lowest BCUT2D eigenvalue weighted by Gasteiger charge is -2.30. The lowest BCUT2D eigenvalue weighted by atomic mass is 9.93. The van der Waals surface area contributed by atoms with E-state index in [4.69, 9.17) is 4.52 Å². The number of nitrogens with zero attached hydrogens (tertiary/aromatic N) is 3. The molecule has 1 unspecified atom stereocenters. The molecule has 2 rings (SSSR count). The average molecular weight is 253 g/mol. The number of aliphatic hydroxyl groups is 1. The van der Waals surface area contributed by atoms with Gasteiger partial charge >= 0.3 is 0 Å². The fraction of sp³-hybridized carbons (Fsp3) is 0.846. The molecule has 2 heterocycles. The van der Waals surface area contributed by atoms with E-state index < -0.39 is 6.10 Å². The molecule has 0 spiro atoms. The Balaban J connectivity index is 1.81. The Bertz CT molecular complexity index is 357. The lowest BCUT2D eigenvalue weighted by Crippen LogP contribution is -2.34. The van der Waals surface area contributed by atoms with E-state index in [0.717, 1.165) is 18.9 Å². The van der Waals surface area contributed by atoms with Crippen LogP contribution in [0.2, 0.25) is 0 Å². The van der Waals surface area contributed by atoms with Crippen LogP contribution in [0.15, 0.2) is 4.52 Å². The van der Waals surface area contributed by atoms with E-state index in [0.29, 0.717) is 18.2 Å². The molecule has 5 heteroatoms. The number of aromatic nitrogens is 2. The molecule has 1 aromatic heterocycles. The summed E-state index contributed by atoms with van der Waals surface area (Å²) in [6.07, 6.45) is 3.36. The first-order chi connectivity index (χ1) is 8.67. The van der Waals surface area contributed by atoms with E-state index in [1.807, 2.05) is 0 Å². The second-order valence-corrected chi connectivity index (χ2v) is 5.24. The number of hydrogen-bond acceptors (Lipinski definition) is 5. The molecule has 1 atom stereocenters. The van der Waals surface area contributed by atoms with Crippen molar-refractivity contribution in [1.29, 1.82) is 0 Å². The van der Waals surface area contributed by atoms with Crippen LogP contribution in [0.25, 0.3) is 0 Å². The van der Waals surface area contributed by atoms with Crippen LogP contribution < -0.4 is 0 Å². The highest BCUT2D eigenvalue weighted by molar-refractivity contribution is 4.90. The molecule has 18 heavy (non-hydrogen) atoms. The molecule has 0 amide bonds. The van der Waals surface area contributed by atoms with E-state index in [1.165, 1.54) is 25.9 Å². The monoisotopic (exact) mass is 253 g/mol. The second kappa shape index (κ2) is 6.29. The van der Waals surface area contributed by atoms with Crippen LogP contribution in [0.3, 0.4) is 0 Å². The Morgan fingerprint density at radius 1 is 1.44 bits per heavy atom. The zero-order valence-corrected chi connectivity index (χ0v) is 11.3. The van der Waals surface area contributed by atoms with Crippen molar-refractivity contribution in [2.24, 2.45) is 5.92 Å². The lowest BCUT2D eigenvalue weighted by molar-refractivity contribution is 0.184. The Morgan fingerprint density at radius 2 is 2.17 bits per heavy atom. The summed E-state index contributed by atoms with van der Waals surface area (Å²) in [7, 11) is 0. The highest BCUT2D eigenvalue weighted by Crippen LogP contribution is 2.20. The van der Waals surface area contributed by atoms with E-state index in [9.17, 15) is 5.11 Å². The molecule has 0 aliphatic carbocycles. The van der Waals surface area contributed by atoms with Gasteiger partial charge < -0.3 is 14.5 Å². The third-order valence-corrected chi connectivity index (χ3v) is 3.61. The predicted octanol–water partition coefficient (Wildman–Crippen LogP) is 1.27. The normalized spacial score (nSPS) is 20.2. The quantitative estimate of drug-likeness (QED) is 0.856. The van der Waals surface area contributed by atoms with Gasteiger partial charge in [-0.1, -0.05) is 12.1 Å². The van der Waals surface area contributed by atoms with E-state index >= 15 is 0 Å². The highest BCUT2D eigenvalue weighted by Gasteiger charge is 2.20. The average Bonchev–Trinajstić information content (AvgIpc) is 2.76. The third-order valence-electron chi connectivity index (χ3n) is 3.61. The maximum atomic E-state index is 9.27. The van der Waals surface area contributed by atoms with E-state index in [-0.39, 0.29) is 0 Å². The van der Waals surface area contributed by atoms with Gasteiger partial charge in [0.15, 0.2) is 5.82 Å². The summed E-state index contributed by atoms with van der Waals surface area (Å²) in [6, 6.07) is 0. The van der Waals surface area contributed by atoms with Gasteiger partial charge in [0, 0.05) is 12.8 Å². The third kappa shape index (κ3) is 3.78. The Labute approximate surface area is 108 Å². The zero-order valence-electron chi connectivity index (χ0n) is 11.3. The number of rotatable bonds is 5. The van der Waals surface area contributed by atoms with Gasteiger partial charge in [-0.2, -0.15) is 4.98 Å². The first kappa shape index (κ1) is 13.5. The molecule has 1 aliphatic rings. The molecular formula is C13H23N3O2. The Kier molecular flexibility index (Phi) is 4.72. The van der Waals surface area contributed by atoms with Crippen LogP contribution in [0.1, 0.15) is 38.4 Å². The molecule has 0 aromatic carbocycles. The van der Waals surface area contributed by atoms with Gasteiger partial charge in [-0.3, -0.25) is 0 Å². The minimum absolute atomic E-state index is 0.414. The maximum Gasteiger partial charge on any atom is 0.226 e. The molecule has 0 saturated carbocycles. The van der Waals surface area contributed by atoms with Crippen molar-refractivity contribution < 1.29 is 9.63 Å². The molecular weight excluding hydrogens is 230 g/mol. The fourth-order valence-electron chi connectivity index (χ4n) is 2.47. The summed E-state index contributed by atoms with van der Waals surface area (Å²) < 4.78 is 5.24. The van der Waals surface area contributed by atoms with Crippen molar-refractivity contribution in [1.82, 2.24) is 15.0 Å². The van der Waals surface area contributed by atoms with Crippen LogP contribution in [-0.2, 0) is 12.8 Å². The van der Waals surface area contributed by atoms with Crippen LogP contribution in [0, 0.1) is 5.92 Å². The standard InChI is InChI=1S/C13H23N3O2/c1-3-16-6-4-11(5-7-16)9-13-14-12(15-18-13)8-10(2)17/h10-11,17H,3-9H2,1-2H3. The number of hydrogen-bond donors (Lipinski definition) is 1. The summed E-state index contributed by atoms with van der Waals surface area (Å²) in [5.41, 5.74) is 0. The summed E-state index contributed by atoms with van der Waals surface area (Å²) in [4.78, 5) is 6.81. The van der Waals surface area contributed by atoms with Gasteiger partial charge in [-0.05, 0) is 45.3 Å². The molecule has 1 saturated heterocycles. The van der Waals surface area contributed by atoms with Crippen LogP contribution in [0.5, 0.6) is 0 Å². The molecule has 1 aromatic rings. The van der Waals surface area contributed by atoms with Crippen LogP contribution >= 0.6 is 0 Å². The van der Waals surface area contributed by atoms with E-state index in [1.54, 1.807) is 6.92 Å². The van der Waals surface area contributed by atoms with Crippen molar-refractivity contribution in [3.05, 3.63) is 11.7 Å². The van der Waals surface area contributed by atoms with Crippen LogP contribution in [0.4, 0.5) is 0 Å². The highest BCUT2D eigenvalue weighted by atomic mass is 16.5. The Hall–Kier alpha value is -0.940. The summed E-state index contributed by atoms with van der Waals surface area (Å²) in [5, 5.41) is 13.2.